The maximum absolute atomic E-state index is 12.5. The molecule has 1 aliphatic heterocycles. The maximum atomic E-state index is 12.5. The molecule has 4 rings (SSSR count). The fraction of sp³-hybridized carbons (Fsp3) is 0.238. The number of carbonyl (C=O) groups is 1. The van der Waals surface area contributed by atoms with Crippen LogP contribution in [-0.4, -0.2) is 25.5 Å². The van der Waals surface area contributed by atoms with Crippen molar-refractivity contribution in [1.82, 2.24) is 0 Å². The van der Waals surface area contributed by atoms with E-state index in [9.17, 15) is 9.59 Å². The van der Waals surface area contributed by atoms with Crippen LogP contribution in [0.5, 0.6) is 17.2 Å². The van der Waals surface area contributed by atoms with Crippen LogP contribution in [0.2, 0.25) is 0 Å². The number of esters is 1. The summed E-state index contributed by atoms with van der Waals surface area (Å²) in [6, 6.07) is 12.1. The Morgan fingerprint density at radius 1 is 1.07 bits per heavy atom. The molecule has 0 unspecified atom stereocenters. The van der Waals surface area contributed by atoms with Crippen LogP contribution < -0.4 is 19.8 Å². The Balaban J connectivity index is 1.59. The highest BCUT2D eigenvalue weighted by Crippen LogP contribution is 2.35. The summed E-state index contributed by atoms with van der Waals surface area (Å²) in [5.41, 5.74) is 0.976. The minimum Gasteiger partial charge on any atom is -0.482 e. The van der Waals surface area contributed by atoms with Crippen molar-refractivity contribution >= 4 is 16.9 Å². The van der Waals surface area contributed by atoms with Crippen molar-refractivity contribution < 1.29 is 28.2 Å². The number of hydrogen-bond donors (Lipinski definition) is 0. The Kier molecular flexibility index (Phi) is 4.65. The van der Waals surface area contributed by atoms with Gasteiger partial charge in [-0.1, -0.05) is 6.07 Å². The lowest BCUT2D eigenvalue weighted by Gasteiger charge is -2.10. The summed E-state index contributed by atoms with van der Waals surface area (Å²) in [5, 5.41) is 0.726. The fourth-order valence-electron chi connectivity index (χ4n) is 2.89. The van der Waals surface area contributed by atoms with Gasteiger partial charge in [-0.3, -0.25) is 0 Å². The third kappa shape index (κ3) is 3.64. The van der Waals surface area contributed by atoms with Crippen molar-refractivity contribution in [2.45, 2.75) is 20.0 Å². The zero-order valence-corrected chi connectivity index (χ0v) is 15.4. The van der Waals surface area contributed by atoms with Gasteiger partial charge in [0, 0.05) is 11.5 Å². The Bertz CT molecular complexity index is 1100. The zero-order chi connectivity index (χ0) is 19.7. The van der Waals surface area contributed by atoms with Gasteiger partial charge < -0.3 is 23.4 Å². The predicted octanol–water partition coefficient (Wildman–Crippen LogP) is 3.52. The van der Waals surface area contributed by atoms with Gasteiger partial charge in [-0.25, -0.2) is 9.59 Å². The van der Waals surface area contributed by atoms with Gasteiger partial charge in [0.15, 0.2) is 18.1 Å². The van der Waals surface area contributed by atoms with Crippen molar-refractivity contribution in [3.63, 3.8) is 0 Å². The average Bonchev–Trinajstić information content (AvgIpc) is 3.13. The summed E-state index contributed by atoms with van der Waals surface area (Å²) in [6.45, 7) is 3.47. The van der Waals surface area contributed by atoms with E-state index >= 15 is 0 Å². The van der Waals surface area contributed by atoms with E-state index in [1.54, 1.807) is 56.3 Å². The molecule has 3 aromatic rings. The van der Waals surface area contributed by atoms with Gasteiger partial charge >= 0.3 is 11.6 Å². The molecule has 2 aromatic carbocycles. The molecule has 1 aromatic heterocycles. The molecule has 0 fully saturated rings. The second-order valence-corrected chi connectivity index (χ2v) is 6.54. The van der Waals surface area contributed by atoms with Gasteiger partial charge in [-0.05, 0) is 49.7 Å². The SMILES string of the molecule is CC(C)OC(=O)COc1ccc2cc(-c3ccc4c(c3)OCO4)c(=O)oc2c1. The van der Waals surface area contributed by atoms with Gasteiger partial charge in [-0.2, -0.15) is 0 Å². The van der Waals surface area contributed by atoms with Crippen molar-refractivity contribution in [2.24, 2.45) is 0 Å². The molecule has 0 N–H and O–H groups in total. The normalized spacial score (nSPS) is 12.4. The molecule has 0 spiro atoms. The molecule has 0 atom stereocenters. The first-order valence-corrected chi connectivity index (χ1v) is 8.80. The molecule has 1 aliphatic rings. The largest absolute Gasteiger partial charge is 0.482 e. The minimum atomic E-state index is -0.484. The molecule has 0 bridgehead atoms. The van der Waals surface area contributed by atoms with Crippen molar-refractivity contribution in [2.75, 3.05) is 13.4 Å². The summed E-state index contributed by atoms with van der Waals surface area (Å²) >= 11 is 0. The van der Waals surface area contributed by atoms with Crippen molar-refractivity contribution in [3.8, 4) is 28.4 Å². The van der Waals surface area contributed by atoms with E-state index < -0.39 is 11.6 Å². The molecule has 28 heavy (non-hydrogen) atoms. The van der Waals surface area contributed by atoms with Gasteiger partial charge in [-0.15, -0.1) is 0 Å². The van der Waals surface area contributed by atoms with E-state index in [1.165, 1.54) is 0 Å². The van der Waals surface area contributed by atoms with Crippen LogP contribution in [0, 0.1) is 0 Å². The second kappa shape index (κ2) is 7.26. The van der Waals surface area contributed by atoms with E-state index in [-0.39, 0.29) is 19.5 Å². The van der Waals surface area contributed by atoms with Crippen LogP contribution in [0.25, 0.3) is 22.1 Å². The molecule has 144 valence electrons. The molecule has 0 saturated heterocycles. The molecular formula is C21H18O7. The van der Waals surface area contributed by atoms with Crippen LogP contribution in [0.1, 0.15) is 13.8 Å². The summed E-state index contributed by atoms with van der Waals surface area (Å²) in [4.78, 5) is 24.1. The third-order valence-electron chi connectivity index (χ3n) is 4.11. The number of benzene rings is 2. The first-order chi connectivity index (χ1) is 13.5. The molecule has 0 amide bonds. The molecular weight excluding hydrogens is 364 g/mol. The van der Waals surface area contributed by atoms with E-state index in [4.69, 9.17) is 23.4 Å². The molecule has 0 aliphatic carbocycles. The van der Waals surface area contributed by atoms with E-state index in [0.717, 1.165) is 5.39 Å². The smallest absolute Gasteiger partial charge is 0.344 e. The quantitative estimate of drug-likeness (QED) is 0.493. The molecule has 0 radical (unpaired) electrons. The van der Waals surface area contributed by atoms with Gasteiger partial charge in [0.1, 0.15) is 11.3 Å². The highest BCUT2D eigenvalue weighted by atomic mass is 16.7. The van der Waals surface area contributed by atoms with Crippen LogP contribution >= 0.6 is 0 Å². The average molecular weight is 382 g/mol. The second-order valence-electron chi connectivity index (χ2n) is 6.54. The maximum Gasteiger partial charge on any atom is 0.344 e. The van der Waals surface area contributed by atoms with Crippen LogP contribution in [-0.2, 0) is 9.53 Å². The lowest BCUT2D eigenvalue weighted by molar-refractivity contribution is -0.149. The van der Waals surface area contributed by atoms with Crippen molar-refractivity contribution in [1.29, 1.82) is 0 Å². The number of carbonyl (C=O) groups excluding carboxylic acids is 1. The van der Waals surface area contributed by atoms with Gasteiger partial charge in [0.2, 0.25) is 6.79 Å². The number of rotatable bonds is 5. The minimum absolute atomic E-state index is 0.165. The van der Waals surface area contributed by atoms with Crippen LogP contribution in [0.15, 0.2) is 51.7 Å². The summed E-state index contributed by atoms with van der Waals surface area (Å²) in [6.07, 6.45) is -0.208. The highest BCUT2D eigenvalue weighted by molar-refractivity contribution is 5.83. The van der Waals surface area contributed by atoms with E-state index in [1.807, 2.05) is 0 Å². The Morgan fingerprint density at radius 3 is 2.71 bits per heavy atom. The lowest BCUT2D eigenvalue weighted by Crippen LogP contribution is -2.18. The van der Waals surface area contributed by atoms with Crippen LogP contribution in [0.3, 0.4) is 0 Å². The molecule has 2 heterocycles. The summed E-state index contributed by atoms with van der Waals surface area (Å²) < 4.78 is 26.5. The monoisotopic (exact) mass is 382 g/mol. The third-order valence-corrected chi connectivity index (χ3v) is 4.11. The van der Waals surface area contributed by atoms with E-state index in [2.05, 4.69) is 0 Å². The topological polar surface area (TPSA) is 84.2 Å². The standard InChI is InChI=1S/C21H18O7/c1-12(2)27-20(22)10-24-15-5-3-14-7-16(21(23)28-18(14)9-15)13-4-6-17-19(8-13)26-11-25-17/h3-9,12H,10-11H2,1-2H3. The zero-order valence-electron chi connectivity index (χ0n) is 15.4. The number of fused-ring (bicyclic) bond motifs is 2. The first kappa shape index (κ1) is 17.9. The molecule has 7 nitrogen and oxygen atoms in total. The first-order valence-electron chi connectivity index (χ1n) is 8.80. The van der Waals surface area contributed by atoms with Crippen LogP contribution in [0.4, 0.5) is 0 Å². The molecule has 7 heteroatoms. The highest BCUT2D eigenvalue weighted by Gasteiger charge is 2.16. The van der Waals surface area contributed by atoms with Gasteiger partial charge in [0.25, 0.3) is 0 Å². The fourth-order valence-corrected chi connectivity index (χ4v) is 2.89. The van der Waals surface area contributed by atoms with E-state index in [0.29, 0.717) is 34.0 Å². The molecule has 0 saturated carbocycles. The summed E-state index contributed by atoms with van der Waals surface area (Å²) in [7, 11) is 0. The Labute approximate surface area is 160 Å². The number of hydrogen-bond acceptors (Lipinski definition) is 7. The number of ether oxygens (including phenoxy) is 4. The Hall–Kier alpha value is -3.48. The Morgan fingerprint density at radius 2 is 1.89 bits per heavy atom. The summed E-state index contributed by atoms with van der Waals surface area (Å²) in [5.74, 6) is 1.18. The lowest BCUT2D eigenvalue weighted by atomic mass is 10.1. The predicted molar refractivity (Wildman–Crippen MR) is 101 cm³/mol. The van der Waals surface area contributed by atoms with Crippen molar-refractivity contribution in [3.05, 3.63) is 52.9 Å². The van der Waals surface area contributed by atoms with Gasteiger partial charge in [0.05, 0.1) is 11.7 Å².